The van der Waals surface area contributed by atoms with Crippen LogP contribution in [0.15, 0.2) is 30.5 Å². The minimum Gasteiger partial charge on any atom is -0.443 e. The molecule has 2 heterocycles. The summed E-state index contributed by atoms with van der Waals surface area (Å²) in [5.41, 5.74) is 11.4. The molecule has 0 radical (unpaired) electrons. The van der Waals surface area contributed by atoms with Crippen LogP contribution < -0.4 is 21.4 Å². The highest BCUT2D eigenvalue weighted by Crippen LogP contribution is 2.31. The quantitative estimate of drug-likeness (QED) is 0.180. The number of rotatable bonds is 10. The zero-order chi connectivity index (χ0) is 30.4. The molecular formula is C27H41ClN8O4. The molecule has 13 heteroatoms. The molecule has 0 aliphatic heterocycles. The number of nitrogens with zero attached hydrogens (tertiary/aromatic N) is 5. The van der Waals surface area contributed by atoms with Crippen LogP contribution in [0, 0.1) is 12.8 Å². The fourth-order valence-corrected chi connectivity index (χ4v) is 4.07. The molecule has 0 aromatic carbocycles. The molecule has 0 fully saturated rings. The lowest BCUT2D eigenvalue weighted by molar-refractivity contribution is 0.0581. The molecule has 220 valence electrons. The summed E-state index contributed by atoms with van der Waals surface area (Å²) in [6.07, 6.45) is 1.21. The number of halogens is 1. The van der Waals surface area contributed by atoms with Crippen LogP contribution in [-0.2, 0) is 11.8 Å². The van der Waals surface area contributed by atoms with Gasteiger partial charge in [0.2, 0.25) is 0 Å². The van der Waals surface area contributed by atoms with E-state index in [1.54, 1.807) is 39.4 Å². The first-order valence-corrected chi connectivity index (χ1v) is 13.3. The Morgan fingerprint density at radius 1 is 1.32 bits per heavy atom. The van der Waals surface area contributed by atoms with Gasteiger partial charge in [0.15, 0.2) is 0 Å². The smallest absolute Gasteiger partial charge is 0.415 e. The number of amides is 3. The number of hydrazine groups is 1. The molecule has 0 spiro atoms. The lowest BCUT2D eigenvalue weighted by Crippen LogP contribution is -2.44. The van der Waals surface area contributed by atoms with Gasteiger partial charge < -0.3 is 20.9 Å². The summed E-state index contributed by atoms with van der Waals surface area (Å²) in [4.78, 5) is 31.2. The van der Waals surface area contributed by atoms with Crippen molar-refractivity contribution in [1.82, 2.24) is 25.2 Å². The van der Waals surface area contributed by atoms with Gasteiger partial charge in [0.25, 0.3) is 0 Å². The predicted molar refractivity (Wildman–Crippen MR) is 159 cm³/mol. The van der Waals surface area contributed by atoms with Gasteiger partial charge in [-0.05, 0) is 58.3 Å². The molecule has 2 aromatic heterocycles. The Balaban J connectivity index is 2.28. The highest BCUT2D eigenvalue weighted by molar-refractivity contribution is 6.30. The second-order valence-corrected chi connectivity index (χ2v) is 10.8. The Morgan fingerprint density at radius 3 is 2.48 bits per heavy atom. The van der Waals surface area contributed by atoms with Crippen LogP contribution in [0.25, 0.3) is 5.57 Å². The van der Waals surface area contributed by atoms with E-state index in [9.17, 15) is 14.7 Å². The van der Waals surface area contributed by atoms with Crippen molar-refractivity contribution in [3.8, 4) is 0 Å². The fraction of sp³-hybridized carbons (Fsp3) is 0.481. The number of aromatic nitrogens is 3. The monoisotopic (exact) mass is 576 g/mol. The lowest BCUT2D eigenvalue weighted by Gasteiger charge is -2.27. The van der Waals surface area contributed by atoms with Crippen molar-refractivity contribution in [3.05, 3.63) is 46.9 Å². The summed E-state index contributed by atoms with van der Waals surface area (Å²) in [6.45, 7) is 17.2. The summed E-state index contributed by atoms with van der Waals surface area (Å²) in [6, 6.07) is 2.33. The van der Waals surface area contributed by atoms with Crippen molar-refractivity contribution in [2.24, 2.45) is 13.0 Å². The van der Waals surface area contributed by atoms with Crippen LogP contribution in [0.1, 0.15) is 52.8 Å². The summed E-state index contributed by atoms with van der Waals surface area (Å²) < 4.78 is 7.06. The Labute approximate surface area is 240 Å². The number of allylic oxidation sites excluding steroid dienone is 2. The Kier molecular flexibility index (Phi) is 11.0. The van der Waals surface area contributed by atoms with Gasteiger partial charge in [-0.3, -0.25) is 14.6 Å². The van der Waals surface area contributed by atoms with Crippen LogP contribution in [0.4, 0.5) is 26.9 Å². The molecule has 0 atom stereocenters. The Bertz CT molecular complexity index is 1270. The number of nitrogens with one attached hydrogen (secondary N) is 2. The highest BCUT2D eigenvalue weighted by atomic mass is 35.5. The van der Waals surface area contributed by atoms with E-state index in [1.807, 2.05) is 26.8 Å². The maximum atomic E-state index is 13.0. The average molecular weight is 577 g/mol. The molecule has 0 aliphatic carbocycles. The fourth-order valence-electron chi connectivity index (χ4n) is 3.87. The number of anilines is 3. The minimum atomic E-state index is -0.700. The number of ether oxygens (including phenoxy) is 1. The van der Waals surface area contributed by atoms with Crippen LogP contribution in [0.5, 0.6) is 0 Å². The highest BCUT2D eigenvalue weighted by Gasteiger charge is 2.24. The van der Waals surface area contributed by atoms with Crippen molar-refractivity contribution < 1.29 is 19.4 Å². The Morgan fingerprint density at radius 2 is 1.98 bits per heavy atom. The normalized spacial score (nSPS) is 11.8. The molecule has 2 aromatic rings. The van der Waals surface area contributed by atoms with Crippen molar-refractivity contribution in [3.63, 3.8) is 0 Å². The summed E-state index contributed by atoms with van der Waals surface area (Å²) >= 11 is 6.21. The summed E-state index contributed by atoms with van der Waals surface area (Å²) in [5.74, 6) is 0.795. The first-order valence-electron chi connectivity index (χ1n) is 12.9. The van der Waals surface area contributed by atoms with E-state index in [4.69, 9.17) is 22.1 Å². The van der Waals surface area contributed by atoms with Crippen molar-refractivity contribution >= 4 is 46.6 Å². The van der Waals surface area contributed by atoms with E-state index < -0.39 is 17.7 Å². The Hall–Kier alpha value is -3.77. The number of hydrogen-bond acceptors (Lipinski definition) is 8. The average Bonchev–Trinajstić information content (AvgIpc) is 3.06. The topological polar surface area (TPSA) is 151 Å². The predicted octanol–water partition coefficient (Wildman–Crippen LogP) is 4.70. The number of pyridine rings is 1. The number of hydrogen-bond donors (Lipinski definition) is 4. The number of aryl methyl sites for hydroxylation is 2. The van der Waals surface area contributed by atoms with E-state index >= 15 is 0 Å². The van der Waals surface area contributed by atoms with E-state index in [1.165, 1.54) is 22.0 Å². The first kappa shape index (κ1) is 32.4. The number of urea groups is 1. The molecule has 40 heavy (non-hydrogen) atoms. The third-order valence-electron chi connectivity index (χ3n) is 5.65. The second kappa shape index (κ2) is 13.5. The van der Waals surface area contributed by atoms with Crippen LogP contribution in [0.2, 0.25) is 5.15 Å². The van der Waals surface area contributed by atoms with E-state index in [0.29, 0.717) is 17.2 Å². The number of aliphatic hydroxyl groups is 1. The van der Waals surface area contributed by atoms with Crippen LogP contribution >= 0.6 is 11.6 Å². The van der Waals surface area contributed by atoms with Crippen molar-refractivity contribution in [2.75, 3.05) is 35.6 Å². The number of carbonyl (C=O) groups is 2. The SMILES string of the molecule is C=C(/C=C(\c1c(C)nn(C)c1N)C(C)C)N(CCO)NC(=O)Nc1cc(Cl)nc(N(CC)C(=O)OC(C)(C)C)c1. The zero-order valence-corrected chi connectivity index (χ0v) is 25.3. The molecule has 5 N–H and O–H groups in total. The number of aliphatic hydroxyl groups excluding tert-OH is 1. The van der Waals surface area contributed by atoms with Gasteiger partial charge in [0, 0.05) is 30.9 Å². The maximum Gasteiger partial charge on any atom is 0.415 e. The van der Waals surface area contributed by atoms with Gasteiger partial charge in [0.1, 0.15) is 22.4 Å². The molecule has 0 bridgehead atoms. The number of nitrogens with two attached hydrogens (primary N) is 1. The van der Waals surface area contributed by atoms with Gasteiger partial charge in [-0.25, -0.2) is 20.0 Å². The summed E-state index contributed by atoms with van der Waals surface area (Å²) in [7, 11) is 1.77. The standard InChI is InChI=1S/C27H41ClN8O4/c1-10-35(26(39)40-27(6,7)8)22-15-19(14-21(28)31-22)30-25(38)33-36(11-12-37)17(4)13-20(16(2)3)23-18(5)32-34(9)24(23)29/h13-16,37H,4,10-12,29H2,1-3,5-9H3,(H2,30,31,33,38)/b20-13-. The van der Waals surface area contributed by atoms with Crippen LogP contribution in [-0.4, -0.2) is 62.3 Å². The van der Waals surface area contributed by atoms with E-state index in [-0.39, 0.29) is 36.6 Å². The molecule has 0 saturated carbocycles. The second-order valence-electron chi connectivity index (χ2n) is 10.4. The molecule has 0 aliphatic rings. The number of nitrogen functional groups attached to an aromatic ring is 1. The molecular weight excluding hydrogens is 536 g/mol. The molecule has 0 saturated heterocycles. The molecule has 0 unspecified atom stereocenters. The van der Waals surface area contributed by atoms with Gasteiger partial charge in [-0.2, -0.15) is 5.10 Å². The minimum absolute atomic E-state index is 0.0654. The largest absolute Gasteiger partial charge is 0.443 e. The third-order valence-corrected chi connectivity index (χ3v) is 5.84. The lowest BCUT2D eigenvalue weighted by atomic mass is 9.94. The molecule has 12 nitrogen and oxygen atoms in total. The molecule has 3 amide bonds. The maximum absolute atomic E-state index is 13.0. The van der Waals surface area contributed by atoms with E-state index in [2.05, 4.69) is 27.4 Å². The van der Waals surface area contributed by atoms with Crippen molar-refractivity contribution in [2.45, 2.75) is 54.1 Å². The third kappa shape index (κ3) is 8.62. The van der Waals surface area contributed by atoms with E-state index in [0.717, 1.165) is 16.8 Å². The zero-order valence-electron chi connectivity index (χ0n) is 24.5. The van der Waals surface area contributed by atoms with Gasteiger partial charge in [0.05, 0.1) is 24.5 Å². The van der Waals surface area contributed by atoms with Crippen molar-refractivity contribution in [1.29, 1.82) is 0 Å². The number of carbonyl (C=O) groups excluding carboxylic acids is 2. The van der Waals surface area contributed by atoms with Gasteiger partial charge in [-0.15, -0.1) is 0 Å². The van der Waals surface area contributed by atoms with Gasteiger partial charge in [-0.1, -0.05) is 32.0 Å². The molecule has 2 rings (SSSR count). The first-order chi connectivity index (χ1) is 18.6. The van der Waals surface area contributed by atoms with Gasteiger partial charge >= 0.3 is 12.1 Å². The summed E-state index contributed by atoms with van der Waals surface area (Å²) in [5, 5.41) is 18.2. The van der Waals surface area contributed by atoms with Crippen LogP contribution in [0.3, 0.4) is 0 Å².